The van der Waals surface area contributed by atoms with E-state index in [2.05, 4.69) is 6.58 Å². The first-order valence-electron chi connectivity index (χ1n) is 5.81. The molecular formula is C14H16ClFO2. The average molecular weight is 271 g/mol. The van der Waals surface area contributed by atoms with E-state index >= 15 is 0 Å². The first kappa shape index (κ1) is 14.7. The van der Waals surface area contributed by atoms with E-state index in [0.717, 1.165) is 12.8 Å². The van der Waals surface area contributed by atoms with E-state index in [0.29, 0.717) is 10.6 Å². The van der Waals surface area contributed by atoms with Gasteiger partial charge in [-0.3, -0.25) is 0 Å². The highest BCUT2D eigenvalue weighted by atomic mass is 35.5. The number of carbonyl (C=O) groups is 1. The van der Waals surface area contributed by atoms with E-state index < -0.39 is 12.1 Å². The van der Waals surface area contributed by atoms with Crippen LogP contribution in [0.15, 0.2) is 36.4 Å². The van der Waals surface area contributed by atoms with Crippen LogP contribution >= 0.6 is 11.6 Å². The molecule has 1 aromatic carbocycles. The van der Waals surface area contributed by atoms with E-state index in [9.17, 15) is 9.18 Å². The van der Waals surface area contributed by atoms with Gasteiger partial charge in [0.2, 0.25) is 0 Å². The fourth-order valence-electron chi connectivity index (χ4n) is 1.37. The molecule has 0 saturated carbocycles. The van der Waals surface area contributed by atoms with Crippen LogP contribution in [0.5, 0.6) is 0 Å². The molecule has 4 heteroatoms. The summed E-state index contributed by atoms with van der Waals surface area (Å²) in [6.07, 6.45) is 0.0816. The van der Waals surface area contributed by atoms with Gasteiger partial charge in [0, 0.05) is 5.02 Å². The van der Waals surface area contributed by atoms with Crippen molar-refractivity contribution in [2.75, 3.05) is 6.61 Å². The van der Waals surface area contributed by atoms with Crippen molar-refractivity contribution in [3.63, 3.8) is 0 Å². The van der Waals surface area contributed by atoms with Crippen molar-refractivity contribution in [2.45, 2.75) is 25.9 Å². The highest BCUT2D eigenvalue weighted by Gasteiger charge is 2.21. The maximum atomic E-state index is 14.0. The van der Waals surface area contributed by atoms with Gasteiger partial charge >= 0.3 is 5.97 Å². The van der Waals surface area contributed by atoms with E-state index in [1.54, 1.807) is 18.2 Å². The van der Waals surface area contributed by atoms with E-state index in [4.69, 9.17) is 16.3 Å². The lowest BCUT2D eigenvalue weighted by molar-refractivity contribution is -0.139. The SMILES string of the molecule is C=C(C(=O)OCCCC)C(F)c1cccc(Cl)c1. The topological polar surface area (TPSA) is 26.3 Å². The minimum absolute atomic E-state index is 0.201. The van der Waals surface area contributed by atoms with Crippen molar-refractivity contribution in [2.24, 2.45) is 0 Å². The smallest absolute Gasteiger partial charge is 0.336 e. The summed E-state index contributed by atoms with van der Waals surface area (Å²) in [6, 6.07) is 6.29. The average Bonchev–Trinajstić information content (AvgIpc) is 2.37. The van der Waals surface area contributed by atoms with Gasteiger partial charge in [-0.2, -0.15) is 0 Å². The van der Waals surface area contributed by atoms with Crippen LogP contribution in [0.25, 0.3) is 0 Å². The third-order valence-corrected chi connectivity index (χ3v) is 2.68. The molecule has 1 unspecified atom stereocenters. The highest BCUT2D eigenvalue weighted by molar-refractivity contribution is 6.30. The molecule has 0 radical (unpaired) electrons. The molecule has 2 nitrogen and oxygen atoms in total. The lowest BCUT2D eigenvalue weighted by Gasteiger charge is -2.11. The zero-order valence-corrected chi connectivity index (χ0v) is 11.0. The molecular weight excluding hydrogens is 255 g/mol. The summed E-state index contributed by atoms with van der Waals surface area (Å²) in [6.45, 7) is 5.71. The molecule has 1 aromatic rings. The number of hydrogen-bond donors (Lipinski definition) is 0. The number of ether oxygens (including phenoxy) is 1. The normalized spacial score (nSPS) is 11.9. The maximum Gasteiger partial charge on any atom is 0.336 e. The Morgan fingerprint density at radius 3 is 2.89 bits per heavy atom. The molecule has 0 N–H and O–H groups in total. The standard InChI is InChI=1S/C14H16ClFO2/c1-3-4-8-18-14(17)10(2)13(16)11-6-5-7-12(15)9-11/h5-7,9,13H,2-4,8H2,1H3. The second-order valence-corrected chi connectivity index (χ2v) is 4.37. The lowest BCUT2D eigenvalue weighted by atomic mass is 10.0. The first-order chi connectivity index (χ1) is 8.56. The predicted octanol–water partition coefficient (Wildman–Crippen LogP) is 4.25. The third kappa shape index (κ3) is 4.15. The van der Waals surface area contributed by atoms with Crippen LogP contribution in [0.1, 0.15) is 31.5 Å². The molecule has 0 saturated heterocycles. The monoisotopic (exact) mass is 270 g/mol. The molecule has 0 aromatic heterocycles. The Hall–Kier alpha value is -1.35. The number of alkyl halides is 1. The van der Waals surface area contributed by atoms with Crippen LogP contribution < -0.4 is 0 Å². The van der Waals surface area contributed by atoms with Crippen LogP contribution in [0.4, 0.5) is 4.39 Å². The number of esters is 1. The van der Waals surface area contributed by atoms with Crippen molar-refractivity contribution in [3.8, 4) is 0 Å². The molecule has 0 aliphatic heterocycles. The van der Waals surface area contributed by atoms with Crippen molar-refractivity contribution in [1.82, 2.24) is 0 Å². The Morgan fingerprint density at radius 1 is 1.56 bits per heavy atom. The van der Waals surface area contributed by atoms with Gasteiger partial charge in [0.15, 0.2) is 6.17 Å². The summed E-state index contributed by atoms with van der Waals surface area (Å²) in [5, 5.41) is 0.419. The van der Waals surface area contributed by atoms with Gasteiger partial charge in [-0.1, -0.05) is 43.7 Å². The number of halogens is 2. The third-order valence-electron chi connectivity index (χ3n) is 2.44. The highest BCUT2D eigenvalue weighted by Crippen LogP contribution is 2.27. The molecule has 0 amide bonds. The Morgan fingerprint density at radius 2 is 2.28 bits per heavy atom. The largest absolute Gasteiger partial charge is 0.462 e. The molecule has 98 valence electrons. The van der Waals surface area contributed by atoms with Gasteiger partial charge in [0.1, 0.15) is 0 Å². The number of benzene rings is 1. The number of hydrogen-bond acceptors (Lipinski definition) is 2. The van der Waals surface area contributed by atoms with Crippen molar-refractivity contribution in [3.05, 3.63) is 47.0 Å². The molecule has 0 aliphatic carbocycles. The van der Waals surface area contributed by atoms with Crippen LogP contribution in [-0.2, 0) is 9.53 Å². The summed E-state index contributed by atoms with van der Waals surface area (Å²) in [4.78, 5) is 11.5. The van der Waals surface area contributed by atoms with E-state index in [1.165, 1.54) is 6.07 Å². The quantitative estimate of drug-likeness (QED) is 0.439. The van der Waals surface area contributed by atoms with Crippen molar-refractivity contribution in [1.29, 1.82) is 0 Å². The molecule has 0 spiro atoms. The second-order valence-electron chi connectivity index (χ2n) is 3.93. The number of carbonyl (C=O) groups excluding carboxylic acids is 1. The van der Waals surface area contributed by atoms with Gasteiger partial charge in [-0.15, -0.1) is 0 Å². The van der Waals surface area contributed by atoms with Gasteiger partial charge < -0.3 is 4.74 Å². The van der Waals surface area contributed by atoms with Crippen molar-refractivity contribution < 1.29 is 13.9 Å². The Balaban J connectivity index is 2.63. The maximum absolute atomic E-state index is 14.0. The molecule has 1 atom stereocenters. The van der Waals surface area contributed by atoms with Gasteiger partial charge in [0.05, 0.1) is 12.2 Å². The van der Waals surface area contributed by atoms with E-state index in [1.807, 2.05) is 6.92 Å². The molecule has 1 rings (SSSR count). The van der Waals surface area contributed by atoms with Crippen LogP contribution in [-0.4, -0.2) is 12.6 Å². The second kappa shape index (κ2) is 7.17. The summed E-state index contributed by atoms with van der Waals surface area (Å²) < 4.78 is 18.9. The number of unbranched alkanes of at least 4 members (excludes halogenated alkanes) is 1. The van der Waals surface area contributed by atoms with Crippen LogP contribution in [0.3, 0.4) is 0 Å². The van der Waals surface area contributed by atoms with Gasteiger partial charge in [-0.25, -0.2) is 9.18 Å². The predicted molar refractivity (Wildman–Crippen MR) is 70.3 cm³/mol. The summed E-state index contributed by atoms with van der Waals surface area (Å²) in [5.41, 5.74) is 0.105. The molecule has 0 aliphatic rings. The Bertz CT molecular complexity index is 432. The summed E-state index contributed by atoms with van der Waals surface area (Å²) >= 11 is 5.76. The lowest BCUT2D eigenvalue weighted by Crippen LogP contribution is -2.12. The molecule has 0 heterocycles. The Labute approximate surface area is 111 Å². The van der Waals surface area contributed by atoms with Gasteiger partial charge in [0.25, 0.3) is 0 Å². The zero-order chi connectivity index (χ0) is 13.5. The van der Waals surface area contributed by atoms with Crippen LogP contribution in [0.2, 0.25) is 5.02 Å². The summed E-state index contributed by atoms with van der Waals surface area (Å²) in [5.74, 6) is -0.698. The van der Waals surface area contributed by atoms with Crippen LogP contribution in [0, 0.1) is 0 Å². The summed E-state index contributed by atoms with van der Waals surface area (Å²) in [7, 11) is 0. The Kier molecular flexibility index (Phi) is 5.86. The minimum atomic E-state index is -1.59. The first-order valence-corrected chi connectivity index (χ1v) is 6.19. The molecule has 18 heavy (non-hydrogen) atoms. The zero-order valence-electron chi connectivity index (χ0n) is 10.3. The molecule has 0 fully saturated rings. The molecule has 0 bridgehead atoms. The number of rotatable bonds is 6. The van der Waals surface area contributed by atoms with Crippen molar-refractivity contribution >= 4 is 17.6 Å². The van der Waals surface area contributed by atoms with E-state index in [-0.39, 0.29) is 12.2 Å². The van der Waals surface area contributed by atoms with Gasteiger partial charge in [-0.05, 0) is 24.1 Å². The minimum Gasteiger partial charge on any atom is -0.462 e. The fraction of sp³-hybridized carbons (Fsp3) is 0.357. The fourth-order valence-corrected chi connectivity index (χ4v) is 1.57.